The lowest BCUT2D eigenvalue weighted by Gasteiger charge is -2.39. The van der Waals surface area contributed by atoms with Gasteiger partial charge < -0.3 is 10.2 Å². The Balaban J connectivity index is 2.10. The van der Waals surface area contributed by atoms with Crippen molar-refractivity contribution < 1.29 is 0 Å². The number of nitrogens with zero attached hydrogens (tertiary/aromatic N) is 3. The first-order valence-electron chi connectivity index (χ1n) is 6.86. The average molecular weight is 327 g/mol. The van der Waals surface area contributed by atoms with Crippen LogP contribution in [0.25, 0.3) is 0 Å². The van der Waals surface area contributed by atoms with E-state index in [2.05, 4.69) is 56.9 Å². The molecule has 0 saturated carbocycles. The average Bonchev–Trinajstić information content (AvgIpc) is 2.38. The summed E-state index contributed by atoms with van der Waals surface area (Å²) in [6, 6.07) is 0. The molecular weight excluding hydrogens is 304 g/mol. The zero-order valence-corrected chi connectivity index (χ0v) is 13.8. The van der Waals surface area contributed by atoms with Gasteiger partial charge >= 0.3 is 0 Å². The molecule has 1 aromatic rings. The van der Waals surface area contributed by atoms with Gasteiger partial charge in [-0.1, -0.05) is 20.8 Å². The molecule has 0 bridgehead atoms. The van der Waals surface area contributed by atoms with Crippen molar-refractivity contribution >= 4 is 27.6 Å². The van der Waals surface area contributed by atoms with Crippen molar-refractivity contribution in [2.75, 3.05) is 30.4 Å². The first-order valence-corrected chi connectivity index (χ1v) is 7.66. The molecule has 19 heavy (non-hydrogen) atoms. The molecule has 0 aromatic carbocycles. The molecular formula is C14H23BrN4. The van der Waals surface area contributed by atoms with Crippen LogP contribution in [0, 0.1) is 11.3 Å². The van der Waals surface area contributed by atoms with Crippen LogP contribution in [-0.2, 0) is 0 Å². The molecule has 5 heteroatoms. The summed E-state index contributed by atoms with van der Waals surface area (Å²) in [7, 11) is 1.88. The first-order chi connectivity index (χ1) is 8.93. The van der Waals surface area contributed by atoms with Gasteiger partial charge in [0.05, 0.1) is 0 Å². The molecule has 1 aliphatic rings. The Morgan fingerprint density at radius 3 is 2.42 bits per heavy atom. The zero-order chi connectivity index (χ0) is 14.0. The number of piperidine rings is 1. The highest BCUT2D eigenvalue weighted by atomic mass is 79.9. The van der Waals surface area contributed by atoms with E-state index in [4.69, 9.17) is 0 Å². The quantitative estimate of drug-likeness (QED) is 0.902. The maximum atomic E-state index is 4.43. The van der Waals surface area contributed by atoms with Gasteiger partial charge in [-0.25, -0.2) is 9.97 Å². The van der Waals surface area contributed by atoms with E-state index in [9.17, 15) is 0 Å². The Bertz CT molecular complexity index is 434. The molecule has 106 valence electrons. The highest BCUT2D eigenvalue weighted by Gasteiger charge is 2.30. The topological polar surface area (TPSA) is 41.1 Å². The third-order valence-corrected chi connectivity index (χ3v) is 4.76. The smallest absolute Gasteiger partial charge is 0.148 e. The van der Waals surface area contributed by atoms with Gasteiger partial charge in [0, 0.05) is 20.1 Å². The van der Waals surface area contributed by atoms with Gasteiger partial charge in [-0.15, -0.1) is 0 Å². The minimum absolute atomic E-state index is 0.408. The molecule has 1 N–H and O–H groups in total. The van der Waals surface area contributed by atoms with Gasteiger partial charge in [0.2, 0.25) is 0 Å². The monoisotopic (exact) mass is 326 g/mol. The maximum absolute atomic E-state index is 4.43. The SMILES string of the molecule is CNc1ncnc(N2CCC(C(C)(C)C)CC2)c1Br. The molecule has 2 heterocycles. The van der Waals surface area contributed by atoms with Crippen molar-refractivity contribution in [3.8, 4) is 0 Å². The number of anilines is 2. The second-order valence-corrected chi connectivity index (χ2v) is 7.03. The first kappa shape index (κ1) is 14.6. The molecule has 1 aliphatic heterocycles. The summed E-state index contributed by atoms with van der Waals surface area (Å²) in [5, 5.41) is 3.08. The van der Waals surface area contributed by atoms with Crippen LogP contribution < -0.4 is 10.2 Å². The molecule has 0 spiro atoms. The van der Waals surface area contributed by atoms with Gasteiger partial charge in [-0.05, 0) is 40.1 Å². The van der Waals surface area contributed by atoms with E-state index < -0.39 is 0 Å². The summed E-state index contributed by atoms with van der Waals surface area (Å²) in [4.78, 5) is 11.0. The van der Waals surface area contributed by atoms with Crippen LogP contribution in [0.4, 0.5) is 11.6 Å². The Morgan fingerprint density at radius 2 is 1.89 bits per heavy atom. The fourth-order valence-electron chi connectivity index (χ4n) is 2.71. The highest BCUT2D eigenvalue weighted by molar-refractivity contribution is 9.10. The van der Waals surface area contributed by atoms with Gasteiger partial charge in [0.1, 0.15) is 22.4 Å². The molecule has 0 radical (unpaired) electrons. The predicted octanol–water partition coefficient (Wildman–Crippen LogP) is 3.54. The van der Waals surface area contributed by atoms with Crippen molar-refractivity contribution in [2.24, 2.45) is 11.3 Å². The Hall–Kier alpha value is -0.840. The number of rotatable bonds is 2. The Labute approximate surface area is 124 Å². The fraction of sp³-hybridized carbons (Fsp3) is 0.714. The van der Waals surface area contributed by atoms with E-state index in [1.54, 1.807) is 6.33 Å². The normalized spacial score (nSPS) is 17.6. The molecule has 1 saturated heterocycles. The van der Waals surface area contributed by atoms with E-state index in [0.29, 0.717) is 5.41 Å². The number of hydrogen-bond acceptors (Lipinski definition) is 4. The number of aromatic nitrogens is 2. The van der Waals surface area contributed by atoms with Gasteiger partial charge in [-0.2, -0.15) is 0 Å². The van der Waals surface area contributed by atoms with Crippen LogP contribution in [0.15, 0.2) is 10.8 Å². The third kappa shape index (κ3) is 3.19. The lowest BCUT2D eigenvalue weighted by atomic mass is 9.75. The second kappa shape index (κ2) is 5.65. The van der Waals surface area contributed by atoms with E-state index in [0.717, 1.165) is 35.1 Å². The highest BCUT2D eigenvalue weighted by Crippen LogP contribution is 2.37. The van der Waals surface area contributed by atoms with Crippen LogP contribution in [0.5, 0.6) is 0 Å². The van der Waals surface area contributed by atoms with Crippen molar-refractivity contribution in [3.63, 3.8) is 0 Å². The van der Waals surface area contributed by atoms with Crippen LogP contribution in [0.3, 0.4) is 0 Å². The molecule has 0 unspecified atom stereocenters. The maximum Gasteiger partial charge on any atom is 0.148 e. The van der Waals surface area contributed by atoms with E-state index >= 15 is 0 Å². The summed E-state index contributed by atoms with van der Waals surface area (Å²) in [5.41, 5.74) is 0.408. The summed E-state index contributed by atoms with van der Waals surface area (Å²) in [5.74, 6) is 2.66. The van der Waals surface area contributed by atoms with Crippen molar-refractivity contribution in [2.45, 2.75) is 33.6 Å². The van der Waals surface area contributed by atoms with Gasteiger partial charge in [0.25, 0.3) is 0 Å². The summed E-state index contributed by atoms with van der Waals surface area (Å²) in [6.45, 7) is 9.16. The number of nitrogens with one attached hydrogen (secondary N) is 1. The van der Waals surface area contributed by atoms with Crippen LogP contribution >= 0.6 is 15.9 Å². The standard InChI is InChI=1S/C14H23BrN4/c1-14(2,3)10-5-7-19(8-6-10)13-11(15)12(16-4)17-9-18-13/h9-10H,5-8H2,1-4H3,(H,16,17,18). The Kier molecular flexibility index (Phi) is 4.33. The van der Waals surface area contributed by atoms with Gasteiger partial charge in [0.15, 0.2) is 0 Å². The van der Waals surface area contributed by atoms with Crippen molar-refractivity contribution in [3.05, 3.63) is 10.8 Å². The van der Waals surface area contributed by atoms with Crippen LogP contribution in [-0.4, -0.2) is 30.1 Å². The summed E-state index contributed by atoms with van der Waals surface area (Å²) >= 11 is 3.60. The van der Waals surface area contributed by atoms with Crippen molar-refractivity contribution in [1.82, 2.24) is 9.97 Å². The lowest BCUT2D eigenvalue weighted by molar-refractivity contribution is 0.198. The third-order valence-electron chi connectivity index (χ3n) is 4.03. The second-order valence-electron chi connectivity index (χ2n) is 6.24. The fourth-order valence-corrected chi connectivity index (χ4v) is 3.37. The zero-order valence-electron chi connectivity index (χ0n) is 12.2. The van der Waals surface area contributed by atoms with E-state index in [1.165, 1.54) is 12.8 Å². The number of halogens is 1. The molecule has 0 atom stereocenters. The molecule has 0 amide bonds. The summed E-state index contributed by atoms with van der Waals surface area (Å²) in [6.07, 6.45) is 4.09. The van der Waals surface area contributed by atoms with Crippen molar-refractivity contribution in [1.29, 1.82) is 0 Å². The van der Waals surface area contributed by atoms with Crippen LogP contribution in [0.1, 0.15) is 33.6 Å². The predicted molar refractivity (Wildman–Crippen MR) is 83.7 cm³/mol. The molecule has 1 fully saturated rings. The number of hydrogen-bond donors (Lipinski definition) is 1. The van der Waals surface area contributed by atoms with E-state index in [1.807, 2.05) is 7.05 Å². The minimum atomic E-state index is 0.408. The minimum Gasteiger partial charge on any atom is -0.372 e. The molecule has 1 aromatic heterocycles. The van der Waals surface area contributed by atoms with Crippen LogP contribution in [0.2, 0.25) is 0 Å². The Morgan fingerprint density at radius 1 is 1.26 bits per heavy atom. The lowest BCUT2D eigenvalue weighted by Crippen LogP contribution is -2.38. The molecule has 4 nitrogen and oxygen atoms in total. The van der Waals surface area contributed by atoms with E-state index in [-0.39, 0.29) is 0 Å². The molecule has 2 rings (SSSR count). The van der Waals surface area contributed by atoms with Gasteiger partial charge in [-0.3, -0.25) is 0 Å². The molecule has 0 aliphatic carbocycles. The largest absolute Gasteiger partial charge is 0.372 e. The summed E-state index contributed by atoms with van der Waals surface area (Å²) < 4.78 is 0.965.